The van der Waals surface area contributed by atoms with Crippen LogP contribution in [0, 0.1) is 0 Å². The van der Waals surface area contributed by atoms with Gasteiger partial charge in [-0.05, 0) is 66.8 Å². The Bertz CT molecular complexity index is 853. The lowest BCUT2D eigenvalue weighted by Crippen LogP contribution is -2.26. The molecule has 1 unspecified atom stereocenters. The molecule has 1 aliphatic heterocycles. The molecule has 1 aliphatic carbocycles. The number of hydrogen-bond donors (Lipinski definition) is 1. The van der Waals surface area contributed by atoms with Gasteiger partial charge in [-0.2, -0.15) is 0 Å². The largest absolute Gasteiger partial charge is 0.381 e. The first-order valence-corrected chi connectivity index (χ1v) is 10.9. The molecule has 1 aromatic heterocycles. The summed E-state index contributed by atoms with van der Waals surface area (Å²) in [5.74, 6) is -0.381. The minimum Gasteiger partial charge on any atom is -0.381 e. The lowest BCUT2D eigenvalue weighted by atomic mass is 9.91. The molecule has 2 aromatic rings. The van der Waals surface area contributed by atoms with Crippen molar-refractivity contribution >= 4 is 32.9 Å². The Hall–Kier alpha value is -1.73. The molecule has 0 radical (unpaired) electrons. The zero-order valence-electron chi connectivity index (χ0n) is 16.0. The number of allylic oxidation sites excluding steroid dienone is 1. The van der Waals surface area contributed by atoms with Crippen molar-refractivity contribution in [2.75, 3.05) is 26.4 Å². The van der Waals surface area contributed by atoms with Crippen LogP contribution in [0.25, 0.3) is 15.7 Å². The highest BCUT2D eigenvalue weighted by molar-refractivity contribution is 7.17. The molecule has 1 aromatic carbocycles. The molecule has 0 saturated carbocycles. The van der Waals surface area contributed by atoms with Gasteiger partial charge in [0.2, 0.25) is 5.91 Å². The minimum absolute atomic E-state index is 0.258. The smallest absolute Gasteiger partial charge is 0.248 e. The van der Waals surface area contributed by atoms with Crippen molar-refractivity contribution in [3.05, 3.63) is 40.8 Å². The molecule has 0 spiro atoms. The Kier molecular flexibility index (Phi) is 6.42. The first-order chi connectivity index (χ1) is 13.7. The molecule has 1 atom stereocenters. The van der Waals surface area contributed by atoms with E-state index in [4.69, 9.17) is 19.9 Å². The summed E-state index contributed by atoms with van der Waals surface area (Å²) in [6, 6.07) is 5.70. The van der Waals surface area contributed by atoms with Crippen LogP contribution in [0.1, 0.15) is 48.0 Å². The SMILES string of the molecule is NC(=O)c1ccc2scc(C3=CCC(OCCOC4CCOCC4)CC3)c2c1. The second-order valence-corrected chi connectivity index (χ2v) is 8.31. The van der Waals surface area contributed by atoms with E-state index in [2.05, 4.69) is 11.5 Å². The van der Waals surface area contributed by atoms with Gasteiger partial charge in [0.15, 0.2) is 0 Å². The number of thiophene rings is 1. The molecule has 2 aliphatic rings. The number of rotatable bonds is 7. The fraction of sp³-hybridized carbons (Fsp3) is 0.500. The summed E-state index contributed by atoms with van der Waals surface area (Å²) in [6.45, 7) is 2.91. The van der Waals surface area contributed by atoms with Crippen LogP contribution >= 0.6 is 11.3 Å². The van der Waals surface area contributed by atoms with Gasteiger partial charge in [-0.1, -0.05) is 6.08 Å². The van der Waals surface area contributed by atoms with Gasteiger partial charge in [0, 0.05) is 28.9 Å². The molecule has 2 heterocycles. The predicted octanol–water partition coefficient (Wildman–Crippen LogP) is 4.15. The zero-order chi connectivity index (χ0) is 19.3. The fourth-order valence-electron chi connectivity index (χ4n) is 3.91. The van der Waals surface area contributed by atoms with E-state index >= 15 is 0 Å². The Morgan fingerprint density at radius 1 is 1.14 bits per heavy atom. The highest BCUT2D eigenvalue weighted by Crippen LogP contribution is 2.36. The van der Waals surface area contributed by atoms with E-state index < -0.39 is 0 Å². The van der Waals surface area contributed by atoms with E-state index in [-0.39, 0.29) is 12.0 Å². The van der Waals surface area contributed by atoms with Crippen molar-refractivity contribution in [1.29, 1.82) is 0 Å². The summed E-state index contributed by atoms with van der Waals surface area (Å²) < 4.78 is 18.4. The van der Waals surface area contributed by atoms with Crippen LogP contribution in [-0.2, 0) is 14.2 Å². The van der Waals surface area contributed by atoms with E-state index in [1.165, 1.54) is 15.8 Å². The van der Waals surface area contributed by atoms with Gasteiger partial charge >= 0.3 is 0 Å². The van der Waals surface area contributed by atoms with Gasteiger partial charge in [-0.15, -0.1) is 11.3 Å². The quantitative estimate of drug-likeness (QED) is 0.708. The molecule has 4 rings (SSSR count). The standard InChI is InChI=1S/C22H27NO4S/c23-22(24)16-3-6-21-19(13-16)20(14-28-21)15-1-4-17(5-2-15)26-11-12-27-18-7-9-25-10-8-18/h1,3,6,13-14,17-18H,2,4-5,7-12H2,(H2,23,24). The van der Waals surface area contributed by atoms with E-state index in [9.17, 15) is 4.79 Å². The molecule has 5 nitrogen and oxygen atoms in total. The summed E-state index contributed by atoms with van der Waals surface area (Å²) >= 11 is 1.71. The summed E-state index contributed by atoms with van der Waals surface area (Å²) in [4.78, 5) is 11.5. The topological polar surface area (TPSA) is 70.8 Å². The van der Waals surface area contributed by atoms with Gasteiger partial charge < -0.3 is 19.9 Å². The van der Waals surface area contributed by atoms with Gasteiger partial charge in [-0.25, -0.2) is 0 Å². The average molecular weight is 402 g/mol. The third kappa shape index (κ3) is 4.63. The summed E-state index contributed by atoms with van der Waals surface area (Å²) in [6.07, 6.45) is 7.75. The molecule has 28 heavy (non-hydrogen) atoms. The van der Waals surface area contributed by atoms with Crippen LogP contribution in [0.15, 0.2) is 29.7 Å². The van der Waals surface area contributed by atoms with Crippen molar-refractivity contribution in [2.45, 2.75) is 44.3 Å². The molecule has 1 saturated heterocycles. The Labute approximate surface area is 169 Å². The maximum atomic E-state index is 11.5. The third-order valence-corrected chi connectivity index (χ3v) is 6.49. The summed E-state index contributed by atoms with van der Waals surface area (Å²) in [5.41, 5.74) is 8.57. The van der Waals surface area contributed by atoms with Gasteiger partial charge in [0.1, 0.15) is 0 Å². The first kappa shape index (κ1) is 19.6. The van der Waals surface area contributed by atoms with E-state index in [0.29, 0.717) is 24.9 Å². The molecular formula is C22H27NO4S. The van der Waals surface area contributed by atoms with Crippen LogP contribution in [0.3, 0.4) is 0 Å². The van der Waals surface area contributed by atoms with Crippen LogP contribution < -0.4 is 5.73 Å². The third-order valence-electron chi connectivity index (χ3n) is 5.53. The highest BCUT2D eigenvalue weighted by Gasteiger charge is 2.19. The second kappa shape index (κ2) is 9.18. The number of primary amides is 1. The van der Waals surface area contributed by atoms with Gasteiger partial charge in [0.25, 0.3) is 0 Å². The van der Waals surface area contributed by atoms with Crippen molar-refractivity contribution in [3.63, 3.8) is 0 Å². The van der Waals surface area contributed by atoms with Crippen LogP contribution in [0.4, 0.5) is 0 Å². The number of nitrogens with two attached hydrogens (primary N) is 1. The highest BCUT2D eigenvalue weighted by atomic mass is 32.1. The maximum absolute atomic E-state index is 11.5. The molecule has 1 fully saturated rings. The van der Waals surface area contributed by atoms with Crippen LogP contribution in [-0.4, -0.2) is 44.5 Å². The lowest BCUT2D eigenvalue weighted by Gasteiger charge is -2.24. The second-order valence-electron chi connectivity index (χ2n) is 7.40. The lowest BCUT2D eigenvalue weighted by molar-refractivity contribution is -0.0606. The number of benzene rings is 1. The fourth-order valence-corrected chi connectivity index (χ4v) is 4.87. The molecule has 6 heteroatoms. The van der Waals surface area contributed by atoms with E-state index in [1.807, 2.05) is 12.1 Å². The molecular weight excluding hydrogens is 374 g/mol. The predicted molar refractivity (Wildman–Crippen MR) is 112 cm³/mol. The molecule has 2 N–H and O–H groups in total. The average Bonchev–Trinajstić information content (AvgIpc) is 3.16. The monoisotopic (exact) mass is 401 g/mol. The van der Waals surface area contributed by atoms with Crippen molar-refractivity contribution in [2.24, 2.45) is 5.73 Å². The minimum atomic E-state index is -0.381. The Morgan fingerprint density at radius 3 is 2.64 bits per heavy atom. The van der Waals surface area contributed by atoms with Gasteiger partial charge in [-0.3, -0.25) is 4.79 Å². The van der Waals surface area contributed by atoms with Crippen molar-refractivity contribution < 1.29 is 19.0 Å². The Morgan fingerprint density at radius 2 is 1.93 bits per heavy atom. The number of ether oxygens (including phenoxy) is 3. The summed E-state index contributed by atoms with van der Waals surface area (Å²) in [5, 5.41) is 3.31. The number of carbonyl (C=O) groups excluding carboxylic acids is 1. The van der Waals surface area contributed by atoms with Crippen molar-refractivity contribution in [1.82, 2.24) is 0 Å². The zero-order valence-corrected chi connectivity index (χ0v) is 16.8. The molecule has 150 valence electrons. The van der Waals surface area contributed by atoms with Gasteiger partial charge in [0.05, 0.1) is 25.4 Å². The number of carbonyl (C=O) groups is 1. The molecule has 1 amide bonds. The first-order valence-electron chi connectivity index (χ1n) is 10.0. The molecule has 0 bridgehead atoms. The Balaban J connectivity index is 1.31. The number of amides is 1. The summed E-state index contributed by atoms with van der Waals surface area (Å²) in [7, 11) is 0. The maximum Gasteiger partial charge on any atom is 0.248 e. The van der Waals surface area contributed by atoms with Crippen LogP contribution in [0.2, 0.25) is 0 Å². The van der Waals surface area contributed by atoms with Crippen molar-refractivity contribution in [3.8, 4) is 0 Å². The van der Waals surface area contributed by atoms with E-state index in [0.717, 1.165) is 50.7 Å². The number of hydrogen-bond acceptors (Lipinski definition) is 5. The van der Waals surface area contributed by atoms with Crippen LogP contribution in [0.5, 0.6) is 0 Å². The van der Waals surface area contributed by atoms with E-state index in [1.54, 1.807) is 17.4 Å². The number of fused-ring (bicyclic) bond motifs is 1. The normalized spacial score (nSPS) is 21.0.